The van der Waals surface area contributed by atoms with E-state index >= 15 is 0 Å². The normalized spacial score (nSPS) is 10.4. The van der Waals surface area contributed by atoms with Gasteiger partial charge in [0.1, 0.15) is 0 Å². The average Bonchev–Trinajstić information content (AvgIpc) is 2.64. The topological polar surface area (TPSA) is 68.0 Å². The monoisotopic (exact) mass is 195 g/mol. The number of rotatable bonds is 1. The van der Waals surface area contributed by atoms with Gasteiger partial charge in [0.25, 0.3) is 5.56 Å². The van der Waals surface area contributed by atoms with Crippen molar-refractivity contribution in [1.29, 1.82) is 0 Å². The first-order valence-electron chi connectivity index (χ1n) is 3.65. The van der Waals surface area contributed by atoms with E-state index in [1.165, 1.54) is 12.3 Å². The van der Waals surface area contributed by atoms with Gasteiger partial charge in [-0.15, -0.1) is 0 Å². The molecule has 0 amide bonds. The summed E-state index contributed by atoms with van der Waals surface area (Å²) in [6.07, 6.45) is 4.40. The van der Waals surface area contributed by atoms with Gasteiger partial charge >= 0.3 is 5.69 Å². The Morgan fingerprint density at radius 1 is 1.50 bits per heavy atom. The van der Waals surface area contributed by atoms with E-state index in [0.717, 1.165) is 10.8 Å². The molecule has 0 atom stereocenters. The lowest BCUT2D eigenvalue weighted by Gasteiger charge is -2.03. The second-order valence-corrected chi connectivity index (χ2v) is 2.51. The Labute approximate surface area is 76.4 Å². The largest absolute Gasteiger partial charge is 0.597 e. The second-order valence-electron chi connectivity index (χ2n) is 2.51. The molecule has 2 aromatic heterocycles. The molecule has 0 aliphatic rings. The molecule has 2 rings (SSSR count). The van der Waals surface area contributed by atoms with Crippen molar-refractivity contribution in [1.82, 2.24) is 9.55 Å². The molecule has 0 radical (unpaired) electrons. The summed E-state index contributed by atoms with van der Waals surface area (Å²) in [4.78, 5) is 23.7. The summed E-state index contributed by atoms with van der Waals surface area (Å²) in [5.41, 5.74) is -1.56. The van der Waals surface area contributed by atoms with Gasteiger partial charge in [0.2, 0.25) is 5.82 Å². The van der Waals surface area contributed by atoms with Gasteiger partial charge in [0.05, 0.1) is 6.20 Å². The Morgan fingerprint density at radius 2 is 2.29 bits per heavy atom. The lowest BCUT2D eigenvalue weighted by Crippen LogP contribution is -2.30. The number of furan rings is 1. The molecule has 0 spiro atoms. The van der Waals surface area contributed by atoms with Crippen molar-refractivity contribution in [2.45, 2.75) is 0 Å². The summed E-state index contributed by atoms with van der Waals surface area (Å²) in [6.45, 7) is 0. The van der Waals surface area contributed by atoms with E-state index in [0.29, 0.717) is 0 Å². The predicted octanol–water partition coefficient (Wildman–Crippen LogP) is 0.0581. The van der Waals surface area contributed by atoms with Gasteiger partial charge in [-0.3, -0.25) is 14.3 Å². The highest BCUT2D eigenvalue weighted by atomic mass is 19.1. The maximum atomic E-state index is 12.8. The maximum absolute atomic E-state index is 12.8. The van der Waals surface area contributed by atoms with E-state index < -0.39 is 17.1 Å². The molecule has 14 heavy (non-hydrogen) atoms. The van der Waals surface area contributed by atoms with Crippen molar-refractivity contribution >= 4 is 0 Å². The fourth-order valence-corrected chi connectivity index (χ4v) is 0.983. The fraction of sp³-hybridized carbons (Fsp3) is 0. The van der Waals surface area contributed by atoms with Crippen molar-refractivity contribution in [3.05, 3.63) is 51.4 Å². The number of nitrogens with one attached hydrogen (secondary N) is 1. The van der Waals surface area contributed by atoms with Crippen LogP contribution >= 0.6 is 0 Å². The van der Waals surface area contributed by atoms with Gasteiger partial charge in [-0.2, -0.15) is 10.5 Å². The Bertz CT molecular complexity index is 553. The minimum Gasteiger partial charge on any atom is -0.597 e. The number of halogens is 1. The number of nitrogens with zero attached hydrogens (tertiary/aromatic N) is 1. The summed E-state index contributed by atoms with van der Waals surface area (Å²) in [6, 6.07) is 1.42. The first-order chi connectivity index (χ1) is 6.68. The molecule has 0 saturated heterocycles. The third kappa shape index (κ3) is 1.26. The highest BCUT2D eigenvalue weighted by molar-refractivity contribution is 5.24. The summed E-state index contributed by atoms with van der Waals surface area (Å²) >= 11 is 0. The molecule has 2 heterocycles. The van der Waals surface area contributed by atoms with E-state index in [-0.39, 0.29) is 5.69 Å². The highest BCUT2D eigenvalue weighted by Crippen LogP contribution is 2.02. The van der Waals surface area contributed by atoms with Crippen molar-refractivity contribution in [2.75, 3.05) is 0 Å². The lowest BCUT2D eigenvalue weighted by atomic mass is 10.5. The highest BCUT2D eigenvalue weighted by Gasteiger charge is 2.02. The molecule has 0 unspecified atom stereocenters. The van der Waals surface area contributed by atoms with Crippen molar-refractivity contribution < 1.29 is 8.81 Å². The second kappa shape index (κ2) is 2.99. The van der Waals surface area contributed by atoms with Crippen molar-refractivity contribution in [3.63, 3.8) is 0 Å². The summed E-state index contributed by atoms with van der Waals surface area (Å²) < 4.78 is 18.3. The van der Waals surface area contributed by atoms with Crippen LogP contribution in [0.3, 0.4) is 0 Å². The summed E-state index contributed by atoms with van der Waals surface area (Å²) in [5, 5.41) is 0. The molecule has 2 aromatic rings. The van der Waals surface area contributed by atoms with Gasteiger partial charge < -0.3 is 4.42 Å². The molecule has 5 nitrogen and oxygen atoms in total. The van der Waals surface area contributed by atoms with Crippen LogP contribution < -0.4 is 11.2 Å². The smallest absolute Gasteiger partial charge is 0.331 e. The summed E-state index contributed by atoms with van der Waals surface area (Å²) in [5.74, 6) is -1.04. The van der Waals surface area contributed by atoms with Crippen LogP contribution in [0.4, 0.5) is 4.39 Å². The van der Waals surface area contributed by atoms with E-state index in [1.807, 2.05) is 4.98 Å². The maximum Gasteiger partial charge on any atom is 0.331 e. The Morgan fingerprint density at radius 3 is 2.93 bits per heavy atom. The van der Waals surface area contributed by atoms with Crippen LogP contribution in [0.1, 0.15) is 0 Å². The molecular weight excluding hydrogens is 191 g/mol. The van der Waals surface area contributed by atoms with Crippen molar-refractivity contribution in [2.24, 2.45) is 0 Å². The predicted molar refractivity (Wildman–Crippen MR) is 43.7 cm³/mol. The van der Waals surface area contributed by atoms with Crippen LogP contribution in [-0.2, 0) is 0 Å². The average molecular weight is 195 g/mol. The van der Waals surface area contributed by atoms with E-state index in [9.17, 15) is 14.0 Å². The molecule has 72 valence electrons. The van der Waals surface area contributed by atoms with Gasteiger partial charge in [0.15, 0.2) is 0 Å². The van der Waals surface area contributed by atoms with Crippen LogP contribution in [0, 0.1) is 12.1 Å². The van der Waals surface area contributed by atoms with Gasteiger partial charge in [-0.1, -0.05) is 6.26 Å². The SMILES string of the molecule is O=c1[nH]c(=O)n(-c2[c-]occ2)cc1F. The number of H-pyrrole nitrogens is 1. The first kappa shape index (κ1) is 8.49. The van der Waals surface area contributed by atoms with Crippen LogP contribution in [0.15, 0.2) is 32.5 Å². The molecule has 1 N–H and O–H groups in total. The fourth-order valence-electron chi connectivity index (χ4n) is 0.983. The molecule has 0 bridgehead atoms. The Hall–Kier alpha value is -2.11. The van der Waals surface area contributed by atoms with Crippen LogP contribution in [0.2, 0.25) is 0 Å². The molecule has 0 saturated carbocycles. The third-order valence-corrected chi connectivity index (χ3v) is 1.62. The number of hydrogen-bond donors (Lipinski definition) is 1. The third-order valence-electron chi connectivity index (χ3n) is 1.62. The molecule has 0 aliphatic carbocycles. The zero-order valence-electron chi connectivity index (χ0n) is 6.78. The minimum absolute atomic E-state index is 0.227. The van der Waals surface area contributed by atoms with Crippen LogP contribution in [0.25, 0.3) is 5.69 Å². The Balaban J connectivity index is 2.72. The van der Waals surface area contributed by atoms with Crippen LogP contribution in [0.5, 0.6) is 0 Å². The molecule has 0 aliphatic heterocycles. The lowest BCUT2D eigenvalue weighted by molar-refractivity contribution is 0.553. The molecular formula is C8H4FN2O3-. The van der Waals surface area contributed by atoms with Gasteiger partial charge in [-0.05, 0) is 5.69 Å². The van der Waals surface area contributed by atoms with E-state index in [1.54, 1.807) is 0 Å². The number of aromatic amines is 1. The number of hydrogen-bond acceptors (Lipinski definition) is 3. The minimum atomic E-state index is -1.05. The standard InChI is InChI=1S/C8H4FN2O3/c9-6-3-11(5-1-2-14-4-5)8(13)10-7(6)12/h1-3H,(H,10,12,13)/q-1. The Kier molecular flexibility index (Phi) is 1.81. The molecule has 0 fully saturated rings. The van der Waals surface area contributed by atoms with Crippen LogP contribution in [-0.4, -0.2) is 9.55 Å². The van der Waals surface area contributed by atoms with Gasteiger partial charge in [0, 0.05) is 6.26 Å². The van der Waals surface area contributed by atoms with E-state index in [2.05, 4.69) is 10.7 Å². The van der Waals surface area contributed by atoms with Crippen molar-refractivity contribution in [3.8, 4) is 5.69 Å². The van der Waals surface area contributed by atoms with Gasteiger partial charge in [-0.25, -0.2) is 4.79 Å². The zero-order chi connectivity index (χ0) is 10.1. The molecule has 0 aromatic carbocycles. The quantitative estimate of drug-likeness (QED) is 0.654. The zero-order valence-corrected chi connectivity index (χ0v) is 6.78. The molecule has 6 heteroatoms. The number of aromatic nitrogens is 2. The summed E-state index contributed by atoms with van der Waals surface area (Å²) in [7, 11) is 0. The first-order valence-corrected chi connectivity index (χ1v) is 3.65. The van der Waals surface area contributed by atoms with E-state index in [4.69, 9.17) is 0 Å².